The number of fused-ring (bicyclic) bond motifs is 1. The predicted molar refractivity (Wildman–Crippen MR) is 70.6 cm³/mol. The largest absolute Gasteiger partial charge is 0.378 e. The van der Waals surface area contributed by atoms with Crippen LogP contribution in [0.5, 0.6) is 0 Å². The van der Waals surface area contributed by atoms with Crippen LogP contribution in [0.2, 0.25) is 0 Å². The lowest BCUT2D eigenvalue weighted by Crippen LogP contribution is -2.19. The van der Waals surface area contributed by atoms with Crippen LogP contribution in [0, 0.1) is 11.8 Å². The number of rotatable bonds is 1. The van der Waals surface area contributed by atoms with Gasteiger partial charge in [0.2, 0.25) is 0 Å². The number of carbonyl (C=O) groups excluding carboxylic acids is 1. The molecule has 0 saturated carbocycles. The van der Waals surface area contributed by atoms with Crippen molar-refractivity contribution in [3.63, 3.8) is 0 Å². The fraction of sp³-hybridized carbons (Fsp3) is 0.500. The molecule has 2 heterocycles. The fourth-order valence-corrected chi connectivity index (χ4v) is 2.77. The molecule has 18 heavy (non-hydrogen) atoms. The van der Waals surface area contributed by atoms with Gasteiger partial charge in [0, 0.05) is 30.0 Å². The van der Waals surface area contributed by atoms with Gasteiger partial charge < -0.3 is 15.3 Å². The van der Waals surface area contributed by atoms with Crippen LogP contribution in [0.25, 0.3) is 0 Å². The Hall–Kier alpha value is -1.55. The molecule has 1 aromatic carbocycles. The zero-order chi connectivity index (χ0) is 12.9. The van der Waals surface area contributed by atoms with Gasteiger partial charge in [-0.3, -0.25) is 4.79 Å². The maximum absolute atomic E-state index is 11.4. The average molecular weight is 246 g/mol. The first kappa shape index (κ1) is 11.5. The van der Waals surface area contributed by atoms with Gasteiger partial charge in [0.1, 0.15) is 0 Å². The molecule has 0 radical (unpaired) electrons. The van der Waals surface area contributed by atoms with E-state index in [0.717, 1.165) is 24.5 Å². The Labute approximate surface area is 107 Å². The summed E-state index contributed by atoms with van der Waals surface area (Å²) in [7, 11) is 0. The van der Waals surface area contributed by atoms with Gasteiger partial charge in [0.15, 0.2) is 6.10 Å². The number of aliphatic hydroxyl groups excluding tert-OH is 1. The van der Waals surface area contributed by atoms with Crippen molar-refractivity contribution in [3.8, 4) is 0 Å². The highest BCUT2D eigenvalue weighted by Crippen LogP contribution is 2.36. The minimum Gasteiger partial charge on any atom is -0.378 e. The molecule has 96 valence electrons. The van der Waals surface area contributed by atoms with Crippen molar-refractivity contribution in [2.24, 2.45) is 11.8 Å². The predicted octanol–water partition coefficient (Wildman–Crippen LogP) is 1.76. The van der Waals surface area contributed by atoms with E-state index < -0.39 is 6.10 Å². The van der Waals surface area contributed by atoms with Crippen molar-refractivity contribution in [3.05, 3.63) is 23.8 Å². The second-order valence-electron chi connectivity index (χ2n) is 5.52. The Kier molecular flexibility index (Phi) is 2.55. The van der Waals surface area contributed by atoms with E-state index in [0.29, 0.717) is 17.4 Å². The summed E-state index contributed by atoms with van der Waals surface area (Å²) in [6.07, 6.45) is -1.01. The summed E-state index contributed by atoms with van der Waals surface area (Å²) in [6.45, 7) is 6.64. The van der Waals surface area contributed by atoms with E-state index >= 15 is 0 Å². The van der Waals surface area contributed by atoms with Crippen LogP contribution in [-0.4, -0.2) is 24.1 Å². The van der Waals surface area contributed by atoms with Crippen LogP contribution in [0.3, 0.4) is 0 Å². The molecule has 3 unspecified atom stereocenters. The van der Waals surface area contributed by atoms with E-state index in [1.54, 1.807) is 0 Å². The molecule has 1 saturated heterocycles. The summed E-state index contributed by atoms with van der Waals surface area (Å²) in [5, 5.41) is 12.4. The van der Waals surface area contributed by atoms with Gasteiger partial charge in [-0.1, -0.05) is 19.9 Å². The summed E-state index contributed by atoms with van der Waals surface area (Å²) >= 11 is 0. The highest BCUT2D eigenvalue weighted by Gasteiger charge is 2.30. The molecule has 3 atom stereocenters. The molecule has 3 rings (SSSR count). The highest BCUT2D eigenvalue weighted by molar-refractivity contribution is 6.02. The number of carbonyl (C=O) groups is 1. The van der Waals surface area contributed by atoms with Gasteiger partial charge in [-0.25, -0.2) is 0 Å². The molecular weight excluding hydrogens is 228 g/mol. The van der Waals surface area contributed by atoms with Crippen molar-refractivity contribution in [1.29, 1.82) is 0 Å². The van der Waals surface area contributed by atoms with Gasteiger partial charge in [-0.15, -0.1) is 0 Å². The van der Waals surface area contributed by atoms with E-state index in [4.69, 9.17) is 0 Å². The topological polar surface area (TPSA) is 52.6 Å². The van der Waals surface area contributed by atoms with E-state index in [1.165, 1.54) is 0 Å². The van der Waals surface area contributed by atoms with Crippen LogP contribution in [0.15, 0.2) is 18.2 Å². The normalized spacial score (nSPS) is 30.5. The molecule has 0 aliphatic carbocycles. The van der Waals surface area contributed by atoms with Crippen molar-refractivity contribution in [1.82, 2.24) is 0 Å². The third-order valence-electron chi connectivity index (χ3n) is 4.19. The number of hydrogen-bond donors (Lipinski definition) is 2. The summed E-state index contributed by atoms with van der Waals surface area (Å²) in [4.78, 5) is 13.7. The Morgan fingerprint density at radius 1 is 1.28 bits per heavy atom. The molecule has 1 aromatic rings. The number of nitrogens with zero attached hydrogens (tertiary/aromatic N) is 1. The molecule has 0 spiro atoms. The van der Waals surface area contributed by atoms with Gasteiger partial charge in [-0.05, 0) is 24.0 Å². The molecule has 0 bridgehead atoms. The van der Waals surface area contributed by atoms with Gasteiger partial charge in [0.25, 0.3) is 5.91 Å². The standard InChI is InChI=1S/C14H18N2O2/c1-8-6-16(7-9(8)2)10-3-4-11-12(5-10)15-14(18)13(11)17/h3-5,8-9,13,17H,6-7H2,1-2H3,(H,15,18). The molecule has 1 amide bonds. The fourth-order valence-electron chi connectivity index (χ4n) is 2.77. The highest BCUT2D eigenvalue weighted by atomic mass is 16.3. The van der Waals surface area contributed by atoms with Crippen LogP contribution in [0.1, 0.15) is 25.5 Å². The zero-order valence-corrected chi connectivity index (χ0v) is 10.7. The average Bonchev–Trinajstić information content (AvgIpc) is 2.81. The number of anilines is 2. The maximum Gasteiger partial charge on any atom is 0.257 e. The first-order chi connectivity index (χ1) is 8.56. The molecule has 2 aliphatic heterocycles. The smallest absolute Gasteiger partial charge is 0.257 e. The summed E-state index contributed by atoms with van der Waals surface area (Å²) < 4.78 is 0. The minimum atomic E-state index is -1.01. The van der Waals surface area contributed by atoms with Crippen molar-refractivity contribution < 1.29 is 9.90 Å². The van der Waals surface area contributed by atoms with Crippen LogP contribution in [-0.2, 0) is 4.79 Å². The van der Waals surface area contributed by atoms with Crippen LogP contribution in [0.4, 0.5) is 11.4 Å². The molecule has 0 aromatic heterocycles. The zero-order valence-electron chi connectivity index (χ0n) is 10.7. The molecule has 4 nitrogen and oxygen atoms in total. The van der Waals surface area contributed by atoms with Gasteiger partial charge in [0.05, 0.1) is 0 Å². The lowest BCUT2D eigenvalue weighted by atomic mass is 10.0. The Morgan fingerprint density at radius 3 is 2.61 bits per heavy atom. The second-order valence-corrected chi connectivity index (χ2v) is 5.52. The lowest BCUT2D eigenvalue weighted by molar-refractivity contribution is -0.123. The number of aliphatic hydroxyl groups is 1. The number of hydrogen-bond acceptors (Lipinski definition) is 3. The molecule has 4 heteroatoms. The van der Waals surface area contributed by atoms with E-state index in [9.17, 15) is 9.90 Å². The SMILES string of the molecule is CC1CN(c2ccc3c(c2)NC(=O)C3O)CC1C. The third-order valence-corrected chi connectivity index (χ3v) is 4.19. The van der Waals surface area contributed by atoms with E-state index in [-0.39, 0.29) is 5.91 Å². The molecule has 1 fully saturated rings. The third kappa shape index (κ3) is 1.68. The summed E-state index contributed by atoms with van der Waals surface area (Å²) in [5.41, 5.74) is 2.56. The first-order valence-electron chi connectivity index (χ1n) is 6.44. The lowest BCUT2D eigenvalue weighted by Gasteiger charge is -2.19. The van der Waals surface area contributed by atoms with E-state index in [2.05, 4.69) is 24.1 Å². The molecular formula is C14H18N2O2. The monoisotopic (exact) mass is 246 g/mol. The maximum atomic E-state index is 11.4. The van der Waals surface area contributed by atoms with Crippen LogP contribution < -0.4 is 10.2 Å². The van der Waals surface area contributed by atoms with Gasteiger partial charge in [-0.2, -0.15) is 0 Å². The number of benzene rings is 1. The van der Waals surface area contributed by atoms with Crippen molar-refractivity contribution in [2.45, 2.75) is 20.0 Å². The van der Waals surface area contributed by atoms with E-state index in [1.807, 2.05) is 18.2 Å². The van der Waals surface area contributed by atoms with Gasteiger partial charge >= 0.3 is 0 Å². The van der Waals surface area contributed by atoms with Crippen molar-refractivity contribution in [2.75, 3.05) is 23.3 Å². The number of nitrogens with one attached hydrogen (secondary N) is 1. The summed E-state index contributed by atoms with van der Waals surface area (Å²) in [5.74, 6) is 1.06. The first-order valence-corrected chi connectivity index (χ1v) is 6.44. The number of amides is 1. The Bertz CT molecular complexity index is 491. The molecule has 2 aliphatic rings. The quantitative estimate of drug-likeness (QED) is 0.794. The second kappa shape index (κ2) is 3.99. The Balaban J connectivity index is 1.88. The summed E-state index contributed by atoms with van der Waals surface area (Å²) in [6, 6.07) is 5.81. The van der Waals surface area contributed by atoms with Crippen molar-refractivity contribution >= 4 is 17.3 Å². The van der Waals surface area contributed by atoms with Crippen LogP contribution >= 0.6 is 0 Å². The molecule has 2 N–H and O–H groups in total. The minimum absolute atomic E-state index is 0.328. The Morgan fingerprint density at radius 2 is 1.94 bits per heavy atom.